The van der Waals surface area contributed by atoms with Gasteiger partial charge >= 0.3 is 0 Å². The predicted molar refractivity (Wildman–Crippen MR) is 144 cm³/mol. The number of carbonyl (C=O) groups excluding carboxylic acids is 1. The highest BCUT2D eigenvalue weighted by molar-refractivity contribution is 7.89. The lowest BCUT2D eigenvalue weighted by Gasteiger charge is -2.30. The van der Waals surface area contributed by atoms with Gasteiger partial charge in [0.25, 0.3) is 0 Å². The molecule has 5 rings (SSSR count). The summed E-state index contributed by atoms with van der Waals surface area (Å²) in [6, 6.07) is 25.9. The van der Waals surface area contributed by atoms with Crippen LogP contribution in [0.2, 0.25) is 5.02 Å². The van der Waals surface area contributed by atoms with E-state index >= 15 is 0 Å². The Kier molecular flexibility index (Phi) is 7.41. The first-order valence-corrected chi connectivity index (χ1v) is 14.0. The number of carbonyl (C=O) groups is 1. The molecule has 9 heteroatoms. The van der Waals surface area contributed by atoms with Gasteiger partial charge in [-0.05, 0) is 49.2 Å². The predicted octanol–water partition coefficient (Wildman–Crippen LogP) is 4.91. The van der Waals surface area contributed by atoms with Gasteiger partial charge in [-0.15, -0.1) is 0 Å². The summed E-state index contributed by atoms with van der Waals surface area (Å²) in [4.78, 5) is 13.3. The zero-order valence-corrected chi connectivity index (χ0v) is 21.7. The number of hydrogen-bond donors (Lipinski definition) is 1. The summed E-state index contributed by atoms with van der Waals surface area (Å²) in [6.07, 6.45) is 2.88. The fourth-order valence-corrected chi connectivity index (χ4v) is 6.13. The Labute approximate surface area is 221 Å². The van der Waals surface area contributed by atoms with E-state index in [0.29, 0.717) is 37.5 Å². The van der Waals surface area contributed by atoms with Crippen LogP contribution in [-0.2, 0) is 21.4 Å². The summed E-state index contributed by atoms with van der Waals surface area (Å²) in [6.45, 7) is 0.924. The SMILES string of the molecule is O=C(NCc1cn(-c2ccccc2)nc1-c1ccccc1)C1CCN(S(=O)(=O)c2ccc(Cl)cc2)CC1. The molecule has 0 aliphatic carbocycles. The number of nitrogens with zero attached hydrogens (tertiary/aromatic N) is 3. The zero-order chi connectivity index (χ0) is 25.8. The van der Waals surface area contributed by atoms with Crippen LogP contribution in [0.3, 0.4) is 0 Å². The first-order chi connectivity index (χ1) is 17.9. The van der Waals surface area contributed by atoms with Gasteiger partial charge < -0.3 is 5.32 Å². The highest BCUT2D eigenvalue weighted by atomic mass is 35.5. The van der Waals surface area contributed by atoms with E-state index in [1.807, 2.05) is 71.5 Å². The van der Waals surface area contributed by atoms with Gasteiger partial charge in [-0.2, -0.15) is 9.40 Å². The molecule has 1 N–H and O–H groups in total. The van der Waals surface area contributed by atoms with E-state index in [1.54, 1.807) is 12.1 Å². The molecule has 0 spiro atoms. The number of nitrogens with one attached hydrogen (secondary N) is 1. The molecule has 190 valence electrons. The number of sulfonamides is 1. The van der Waals surface area contributed by atoms with Gasteiger partial charge in [0, 0.05) is 47.9 Å². The minimum Gasteiger partial charge on any atom is -0.352 e. The summed E-state index contributed by atoms with van der Waals surface area (Å²) < 4.78 is 29.2. The van der Waals surface area contributed by atoms with Crippen molar-refractivity contribution in [2.24, 2.45) is 5.92 Å². The first kappa shape index (κ1) is 25.2. The normalized spacial score (nSPS) is 14.9. The van der Waals surface area contributed by atoms with Crippen LogP contribution in [0.5, 0.6) is 0 Å². The van der Waals surface area contributed by atoms with Crippen LogP contribution >= 0.6 is 11.6 Å². The number of para-hydroxylation sites is 1. The third kappa shape index (κ3) is 5.61. The summed E-state index contributed by atoms with van der Waals surface area (Å²) in [5.74, 6) is -0.323. The third-order valence-corrected chi connectivity index (χ3v) is 8.75. The van der Waals surface area contributed by atoms with Gasteiger partial charge in [-0.1, -0.05) is 60.1 Å². The fraction of sp³-hybridized carbons (Fsp3) is 0.214. The molecular formula is C28H27ClN4O3S. The minimum absolute atomic E-state index is 0.0741. The second kappa shape index (κ2) is 10.9. The van der Waals surface area contributed by atoms with Gasteiger partial charge in [-0.3, -0.25) is 4.79 Å². The molecule has 37 heavy (non-hydrogen) atoms. The van der Waals surface area contributed by atoms with Gasteiger partial charge in [0.05, 0.1) is 16.3 Å². The topological polar surface area (TPSA) is 84.3 Å². The van der Waals surface area contributed by atoms with Crippen molar-refractivity contribution in [1.82, 2.24) is 19.4 Å². The molecule has 0 radical (unpaired) electrons. The largest absolute Gasteiger partial charge is 0.352 e. The first-order valence-electron chi connectivity index (χ1n) is 12.1. The highest BCUT2D eigenvalue weighted by Gasteiger charge is 2.32. The van der Waals surface area contributed by atoms with Crippen molar-refractivity contribution in [2.75, 3.05) is 13.1 Å². The Balaban J connectivity index is 1.25. The number of benzene rings is 3. The van der Waals surface area contributed by atoms with E-state index < -0.39 is 10.0 Å². The number of halogens is 1. The number of amides is 1. The Hall–Kier alpha value is -3.46. The molecule has 7 nitrogen and oxygen atoms in total. The monoisotopic (exact) mass is 534 g/mol. The lowest BCUT2D eigenvalue weighted by atomic mass is 9.97. The van der Waals surface area contributed by atoms with E-state index in [0.717, 1.165) is 22.5 Å². The molecule has 1 fully saturated rings. The molecule has 0 bridgehead atoms. The van der Waals surface area contributed by atoms with Crippen LogP contribution in [-0.4, -0.2) is 41.5 Å². The van der Waals surface area contributed by atoms with Gasteiger partial charge in [0.1, 0.15) is 0 Å². The Bertz CT molecular complexity index is 1470. The van der Waals surface area contributed by atoms with Crippen molar-refractivity contribution in [3.8, 4) is 16.9 Å². The third-order valence-electron chi connectivity index (χ3n) is 6.59. The maximum Gasteiger partial charge on any atom is 0.243 e. The molecule has 1 aliphatic rings. The molecule has 4 aromatic rings. The van der Waals surface area contributed by atoms with Crippen molar-refractivity contribution in [3.63, 3.8) is 0 Å². The Morgan fingerprint density at radius 1 is 0.919 bits per heavy atom. The van der Waals surface area contributed by atoms with Crippen LogP contribution in [0, 0.1) is 5.92 Å². The van der Waals surface area contributed by atoms with Crippen LogP contribution in [0.1, 0.15) is 18.4 Å². The average Bonchev–Trinajstić information content (AvgIpc) is 3.37. The molecule has 0 unspecified atom stereocenters. The lowest BCUT2D eigenvalue weighted by molar-refractivity contribution is -0.126. The van der Waals surface area contributed by atoms with Gasteiger partial charge in [0.2, 0.25) is 15.9 Å². The fourth-order valence-electron chi connectivity index (χ4n) is 4.53. The van der Waals surface area contributed by atoms with Crippen molar-refractivity contribution in [1.29, 1.82) is 0 Å². The van der Waals surface area contributed by atoms with Gasteiger partial charge in [-0.25, -0.2) is 13.1 Å². The number of piperidine rings is 1. The molecule has 1 aromatic heterocycles. The molecule has 1 amide bonds. The number of aromatic nitrogens is 2. The lowest BCUT2D eigenvalue weighted by Crippen LogP contribution is -2.42. The molecule has 0 atom stereocenters. The van der Waals surface area contributed by atoms with Gasteiger partial charge in [0.15, 0.2) is 0 Å². The average molecular weight is 535 g/mol. The van der Waals surface area contributed by atoms with Crippen molar-refractivity contribution < 1.29 is 13.2 Å². The van der Waals surface area contributed by atoms with Crippen molar-refractivity contribution >= 4 is 27.5 Å². The maximum atomic E-state index is 13.0. The summed E-state index contributed by atoms with van der Waals surface area (Å²) in [5.41, 5.74) is 3.63. The van der Waals surface area contributed by atoms with E-state index in [-0.39, 0.29) is 16.7 Å². The van der Waals surface area contributed by atoms with Crippen molar-refractivity contribution in [3.05, 3.63) is 102 Å². The molecule has 0 saturated carbocycles. The van der Waals surface area contributed by atoms with Crippen LogP contribution in [0.25, 0.3) is 16.9 Å². The van der Waals surface area contributed by atoms with E-state index in [9.17, 15) is 13.2 Å². The molecule has 3 aromatic carbocycles. The summed E-state index contributed by atoms with van der Waals surface area (Å²) in [5, 5.41) is 8.34. The molecule has 1 saturated heterocycles. The molecule has 1 aliphatic heterocycles. The van der Waals surface area contributed by atoms with Crippen LogP contribution < -0.4 is 5.32 Å². The van der Waals surface area contributed by atoms with E-state index in [4.69, 9.17) is 16.7 Å². The smallest absolute Gasteiger partial charge is 0.243 e. The minimum atomic E-state index is -3.61. The molecular weight excluding hydrogens is 508 g/mol. The summed E-state index contributed by atoms with van der Waals surface area (Å²) >= 11 is 5.89. The second-order valence-corrected chi connectivity index (χ2v) is 11.4. The van der Waals surface area contributed by atoms with E-state index in [2.05, 4.69) is 5.32 Å². The second-order valence-electron chi connectivity index (χ2n) is 9.00. The Morgan fingerprint density at radius 2 is 1.54 bits per heavy atom. The zero-order valence-electron chi connectivity index (χ0n) is 20.1. The van der Waals surface area contributed by atoms with E-state index in [1.165, 1.54) is 16.4 Å². The standard InChI is InChI=1S/C28H27ClN4O3S/c29-24-11-13-26(14-12-24)37(35,36)32-17-15-22(16-18-32)28(34)30-19-23-20-33(25-9-5-2-6-10-25)31-27(23)21-7-3-1-4-8-21/h1-14,20,22H,15-19H2,(H,30,34). The maximum absolute atomic E-state index is 13.0. The highest BCUT2D eigenvalue weighted by Crippen LogP contribution is 2.26. The number of rotatable bonds is 7. The Morgan fingerprint density at radius 3 is 2.19 bits per heavy atom. The quantitative estimate of drug-likeness (QED) is 0.365. The summed E-state index contributed by atoms with van der Waals surface area (Å²) in [7, 11) is -3.61. The van der Waals surface area contributed by atoms with Crippen LogP contribution in [0.4, 0.5) is 0 Å². The number of hydrogen-bond acceptors (Lipinski definition) is 4. The van der Waals surface area contributed by atoms with Crippen LogP contribution in [0.15, 0.2) is 96.0 Å². The van der Waals surface area contributed by atoms with Crippen molar-refractivity contribution in [2.45, 2.75) is 24.3 Å². The molecule has 2 heterocycles.